The lowest BCUT2D eigenvalue weighted by atomic mass is 10.2. The molecule has 0 bridgehead atoms. The molecule has 9 heteroatoms. The maximum absolute atomic E-state index is 12.5. The van der Waals surface area contributed by atoms with Gasteiger partial charge in [0.05, 0.1) is 13.3 Å². The van der Waals surface area contributed by atoms with E-state index in [1.165, 1.54) is 10.7 Å². The normalized spacial score (nSPS) is 11.0. The van der Waals surface area contributed by atoms with E-state index < -0.39 is 5.97 Å². The summed E-state index contributed by atoms with van der Waals surface area (Å²) >= 11 is 6.01. The van der Waals surface area contributed by atoms with Gasteiger partial charge in [0, 0.05) is 21.8 Å². The summed E-state index contributed by atoms with van der Waals surface area (Å²) < 4.78 is 12.0. The molecule has 8 nitrogen and oxygen atoms in total. The van der Waals surface area contributed by atoms with Crippen LogP contribution in [0, 0.1) is 5.21 Å². The van der Waals surface area contributed by atoms with Crippen molar-refractivity contribution in [1.82, 2.24) is 14.7 Å². The Morgan fingerprint density at radius 2 is 2.11 bits per heavy atom. The predicted octanol–water partition coefficient (Wildman–Crippen LogP) is 2.53. The molecule has 27 heavy (non-hydrogen) atoms. The number of fused-ring (bicyclic) bond motifs is 3. The summed E-state index contributed by atoms with van der Waals surface area (Å²) in [6.45, 7) is 0.0109. The van der Waals surface area contributed by atoms with Crippen LogP contribution in [0.5, 0.6) is 5.75 Å². The zero-order valence-corrected chi connectivity index (χ0v) is 14.9. The summed E-state index contributed by atoms with van der Waals surface area (Å²) in [6.07, 6.45) is 1.31. The monoisotopic (exact) mass is 384 g/mol. The molecule has 0 atom stereocenters. The molecule has 0 fully saturated rings. The van der Waals surface area contributed by atoms with Crippen molar-refractivity contribution >= 4 is 34.3 Å². The smallest absolute Gasteiger partial charge is 0.344 e. The lowest BCUT2D eigenvalue weighted by Crippen LogP contribution is -2.33. The van der Waals surface area contributed by atoms with Gasteiger partial charge in [0.2, 0.25) is 5.65 Å². The highest BCUT2D eigenvalue weighted by Crippen LogP contribution is 2.21. The number of hydrogen-bond donors (Lipinski definition) is 0. The molecule has 0 unspecified atom stereocenters. The fraction of sp³-hybridized carbons (Fsp3) is 0.111. The number of carbonyl (C=O) groups is 1. The first-order valence-corrected chi connectivity index (χ1v) is 8.32. The third-order valence-electron chi connectivity index (χ3n) is 4.07. The number of hydrogen-bond acceptors (Lipinski definition) is 6. The predicted molar refractivity (Wildman–Crippen MR) is 96.6 cm³/mol. The maximum Gasteiger partial charge on any atom is 0.344 e. The molecule has 136 valence electrons. The van der Waals surface area contributed by atoms with E-state index in [1.807, 2.05) is 12.1 Å². The van der Waals surface area contributed by atoms with Gasteiger partial charge >= 0.3 is 5.97 Å². The van der Waals surface area contributed by atoms with Gasteiger partial charge in [-0.2, -0.15) is 5.10 Å². The summed E-state index contributed by atoms with van der Waals surface area (Å²) in [5, 5.41) is 20.7. The van der Waals surface area contributed by atoms with Crippen molar-refractivity contribution < 1.29 is 19.1 Å². The molecular formula is C18H13ClN4O4. The van der Waals surface area contributed by atoms with Crippen molar-refractivity contribution in [2.45, 2.75) is 6.61 Å². The Kier molecular flexibility index (Phi) is 4.25. The van der Waals surface area contributed by atoms with Gasteiger partial charge < -0.3 is 14.7 Å². The van der Waals surface area contributed by atoms with Gasteiger partial charge in [-0.1, -0.05) is 29.8 Å². The fourth-order valence-electron chi connectivity index (χ4n) is 2.77. The second-order valence-electron chi connectivity index (χ2n) is 5.69. The summed E-state index contributed by atoms with van der Waals surface area (Å²) in [7, 11) is 1.54. The van der Waals surface area contributed by atoms with Gasteiger partial charge in [0.1, 0.15) is 23.4 Å². The van der Waals surface area contributed by atoms with Crippen LogP contribution < -0.4 is 9.58 Å². The van der Waals surface area contributed by atoms with Crippen LogP contribution in [0.3, 0.4) is 0 Å². The van der Waals surface area contributed by atoms with E-state index >= 15 is 0 Å². The van der Waals surface area contributed by atoms with Crippen molar-refractivity contribution in [3.63, 3.8) is 0 Å². The molecular weight excluding hydrogens is 372 g/mol. The minimum absolute atomic E-state index is 0.0109. The van der Waals surface area contributed by atoms with Crippen molar-refractivity contribution in [3.8, 4) is 5.75 Å². The highest BCUT2D eigenvalue weighted by Gasteiger charge is 2.22. The number of rotatable bonds is 4. The number of halogens is 1. The van der Waals surface area contributed by atoms with E-state index in [1.54, 1.807) is 37.4 Å². The van der Waals surface area contributed by atoms with Crippen LogP contribution in [0.15, 0.2) is 48.7 Å². The third-order valence-corrected chi connectivity index (χ3v) is 4.31. The van der Waals surface area contributed by atoms with Gasteiger partial charge in [0.15, 0.2) is 0 Å². The van der Waals surface area contributed by atoms with Gasteiger partial charge in [-0.05, 0) is 23.0 Å². The van der Waals surface area contributed by atoms with Crippen LogP contribution in [0.1, 0.15) is 15.9 Å². The second kappa shape index (κ2) is 6.73. The summed E-state index contributed by atoms with van der Waals surface area (Å²) in [4.78, 5) is 12.9. The zero-order valence-electron chi connectivity index (χ0n) is 14.1. The van der Waals surface area contributed by atoms with Crippen molar-refractivity contribution in [3.05, 3.63) is 70.0 Å². The lowest BCUT2D eigenvalue weighted by molar-refractivity contribution is -0.640. The molecule has 0 N–H and O–H groups in total. The number of aromatic nitrogens is 4. The Morgan fingerprint density at radius 3 is 2.93 bits per heavy atom. The average Bonchev–Trinajstić information content (AvgIpc) is 3.10. The largest absolute Gasteiger partial charge is 0.594 e. The van der Waals surface area contributed by atoms with E-state index in [4.69, 9.17) is 21.1 Å². The minimum Gasteiger partial charge on any atom is -0.594 e. The Morgan fingerprint density at radius 1 is 1.30 bits per heavy atom. The number of para-hydroxylation sites is 1. The number of methoxy groups -OCH3 is 1. The molecule has 0 aliphatic carbocycles. The molecule has 0 spiro atoms. The van der Waals surface area contributed by atoms with Crippen LogP contribution in [-0.4, -0.2) is 27.8 Å². The summed E-state index contributed by atoms with van der Waals surface area (Å²) in [5.74, 6) is -0.0360. The Labute approximate surface area is 158 Å². The number of nitrogens with zero attached hydrogens (tertiary/aromatic N) is 4. The molecule has 0 aliphatic rings. The molecule has 4 rings (SSSR count). The van der Waals surface area contributed by atoms with E-state index in [2.05, 4.69) is 10.2 Å². The van der Waals surface area contributed by atoms with Gasteiger partial charge in [-0.25, -0.2) is 9.31 Å². The molecule has 0 radical (unpaired) electrons. The standard InChI is InChI=1S/C18H13ClN4O4/c1-26-16-5-3-2-4-11(16)10-27-18(24)13-9-20-22-15-8-12(19)6-7-14(15)23(25)21-17(13)22/h2-9H,10H2,1H3. The van der Waals surface area contributed by atoms with Crippen molar-refractivity contribution in [2.24, 2.45) is 0 Å². The minimum atomic E-state index is -0.648. The lowest BCUT2D eigenvalue weighted by Gasteiger charge is -2.08. The highest BCUT2D eigenvalue weighted by atomic mass is 35.5. The van der Waals surface area contributed by atoms with E-state index in [0.717, 1.165) is 0 Å². The first-order chi connectivity index (χ1) is 13.1. The first-order valence-electron chi connectivity index (χ1n) is 7.94. The van der Waals surface area contributed by atoms with Crippen LogP contribution in [-0.2, 0) is 11.3 Å². The van der Waals surface area contributed by atoms with Gasteiger partial charge in [-0.3, -0.25) is 0 Å². The van der Waals surface area contributed by atoms with Crippen LogP contribution in [0.25, 0.3) is 16.7 Å². The van der Waals surface area contributed by atoms with E-state index in [9.17, 15) is 10.0 Å². The number of benzene rings is 2. The molecule has 0 saturated heterocycles. The van der Waals surface area contributed by atoms with Crippen LogP contribution in [0.4, 0.5) is 0 Å². The maximum atomic E-state index is 12.5. The Balaban J connectivity index is 1.69. The van der Waals surface area contributed by atoms with E-state index in [-0.39, 0.29) is 23.3 Å². The van der Waals surface area contributed by atoms with Gasteiger partial charge in [-0.15, -0.1) is 0 Å². The molecule has 0 saturated carbocycles. The second-order valence-corrected chi connectivity index (χ2v) is 6.12. The quantitative estimate of drug-likeness (QED) is 0.305. The molecule has 2 heterocycles. The molecule has 0 amide bonds. The van der Waals surface area contributed by atoms with Crippen LogP contribution in [0.2, 0.25) is 5.02 Å². The average molecular weight is 385 g/mol. The molecule has 2 aromatic carbocycles. The topological polar surface area (TPSA) is 92.7 Å². The van der Waals surface area contributed by atoms with Crippen molar-refractivity contribution in [2.75, 3.05) is 7.11 Å². The highest BCUT2D eigenvalue weighted by molar-refractivity contribution is 6.31. The molecule has 0 aliphatic heterocycles. The Hall–Kier alpha value is -3.39. The van der Waals surface area contributed by atoms with Gasteiger partial charge in [0.25, 0.3) is 5.52 Å². The molecule has 2 aromatic heterocycles. The SMILES string of the molecule is COc1ccccc1COC(=O)c1cnn2c1n[n+]([O-])c1ccc(Cl)cc12. The number of esters is 1. The third kappa shape index (κ3) is 3.00. The van der Waals surface area contributed by atoms with E-state index in [0.29, 0.717) is 26.7 Å². The number of ether oxygens (including phenoxy) is 2. The Bertz CT molecular complexity index is 1170. The van der Waals surface area contributed by atoms with Crippen molar-refractivity contribution in [1.29, 1.82) is 0 Å². The summed E-state index contributed by atoms with van der Waals surface area (Å²) in [5.41, 5.74) is 1.60. The first kappa shape index (κ1) is 17.0. The molecule has 4 aromatic rings. The number of carbonyl (C=O) groups excluding carboxylic acids is 1. The summed E-state index contributed by atoms with van der Waals surface area (Å²) in [6, 6.07) is 11.9. The van der Waals surface area contributed by atoms with Crippen LogP contribution >= 0.6 is 11.6 Å². The zero-order chi connectivity index (χ0) is 19.0. The fourth-order valence-corrected chi connectivity index (χ4v) is 2.94.